The van der Waals surface area contributed by atoms with Crippen LogP contribution in [-0.2, 0) is 4.74 Å². The van der Waals surface area contributed by atoms with E-state index in [-0.39, 0.29) is 29.8 Å². The van der Waals surface area contributed by atoms with E-state index in [0.29, 0.717) is 6.10 Å². The molecule has 0 bridgehead atoms. The topological polar surface area (TPSA) is 45.7 Å². The summed E-state index contributed by atoms with van der Waals surface area (Å²) in [4.78, 5) is 5.33. The van der Waals surface area contributed by atoms with Crippen molar-refractivity contribution in [1.29, 1.82) is 0 Å². The van der Waals surface area contributed by atoms with Crippen LogP contribution in [-0.4, -0.2) is 44.6 Å². The minimum atomic E-state index is -0.186. The predicted molar refractivity (Wildman–Crippen MR) is 110 cm³/mol. The summed E-state index contributed by atoms with van der Waals surface area (Å²) in [5, 5.41) is 6.64. The molecule has 4 nitrogen and oxygen atoms in total. The third-order valence-corrected chi connectivity index (χ3v) is 4.80. The number of ether oxygens (including phenoxy) is 1. The van der Waals surface area contributed by atoms with Gasteiger partial charge in [-0.15, -0.1) is 35.7 Å². The predicted octanol–water partition coefficient (Wildman–Crippen LogP) is 3.66. The first kappa shape index (κ1) is 21.5. The first-order chi connectivity index (χ1) is 11.3. The summed E-state index contributed by atoms with van der Waals surface area (Å²) in [5.41, 5.74) is 0. The molecule has 24 heavy (non-hydrogen) atoms. The van der Waals surface area contributed by atoms with Gasteiger partial charge < -0.3 is 15.4 Å². The van der Waals surface area contributed by atoms with Crippen molar-refractivity contribution in [3.8, 4) is 0 Å². The maximum Gasteiger partial charge on any atom is 0.190 e. The SMILES string of the molecule is CN=C(NCCCSc1ccc(F)cc1)NCCC1CCCO1.I. The van der Waals surface area contributed by atoms with Gasteiger partial charge >= 0.3 is 0 Å². The van der Waals surface area contributed by atoms with Gasteiger partial charge in [0.15, 0.2) is 5.96 Å². The molecule has 2 rings (SSSR count). The van der Waals surface area contributed by atoms with Crippen LogP contribution in [0, 0.1) is 5.82 Å². The fourth-order valence-electron chi connectivity index (χ4n) is 2.44. The van der Waals surface area contributed by atoms with Gasteiger partial charge in [0.25, 0.3) is 0 Å². The molecule has 2 N–H and O–H groups in total. The fraction of sp³-hybridized carbons (Fsp3) is 0.588. The van der Waals surface area contributed by atoms with Crippen molar-refractivity contribution in [3.05, 3.63) is 30.1 Å². The van der Waals surface area contributed by atoms with Gasteiger partial charge in [0.1, 0.15) is 5.82 Å². The lowest BCUT2D eigenvalue weighted by Crippen LogP contribution is -2.39. The normalized spacial score (nSPS) is 17.4. The van der Waals surface area contributed by atoms with E-state index in [1.54, 1.807) is 18.8 Å². The molecule has 136 valence electrons. The molecule has 0 radical (unpaired) electrons. The van der Waals surface area contributed by atoms with Gasteiger partial charge in [0, 0.05) is 31.6 Å². The van der Waals surface area contributed by atoms with E-state index in [0.717, 1.165) is 49.1 Å². The lowest BCUT2D eigenvalue weighted by atomic mass is 10.2. The largest absolute Gasteiger partial charge is 0.378 e. The lowest BCUT2D eigenvalue weighted by molar-refractivity contribution is 0.105. The maximum atomic E-state index is 12.8. The second-order valence-corrected chi connectivity index (χ2v) is 6.67. The molecule has 1 heterocycles. The summed E-state index contributed by atoms with van der Waals surface area (Å²) < 4.78 is 18.4. The Morgan fingerprint density at radius 2 is 2.04 bits per heavy atom. The van der Waals surface area contributed by atoms with Crippen molar-refractivity contribution in [1.82, 2.24) is 10.6 Å². The Balaban J connectivity index is 0.00000288. The van der Waals surface area contributed by atoms with Crippen LogP contribution in [0.15, 0.2) is 34.2 Å². The van der Waals surface area contributed by atoms with E-state index in [1.807, 2.05) is 12.1 Å². The highest BCUT2D eigenvalue weighted by molar-refractivity contribution is 14.0. The van der Waals surface area contributed by atoms with Gasteiger partial charge in [-0.1, -0.05) is 0 Å². The molecule has 1 fully saturated rings. The van der Waals surface area contributed by atoms with Crippen LogP contribution >= 0.6 is 35.7 Å². The molecule has 1 unspecified atom stereocenters. The third kappa shape index (κ3) is 8.53. The number of hydrogen-bond donors (Lipinski definition) is 2. The number of halogens is 2. The molecule has 1 atom stereocenters. The van der Waals surface area contributed by atoms with Crippen LogP contribution in [0.2, 0.25) is 0 Å². The van der Waals surface area contributed by atoms with Gasteiger partial charge in [0.2, 0.25) is 0 Å². The number of thioether (sulfide) groups is 1. The standard InChI is InChI=1S/C17H26FN3OS.HI/c1-19-17(21-11-9-15-4-2-12-22-15)20-10-3-13-23-16-7-5-14(18)6-8-16;/h5-8,15H,2-4,9-13H2,1H3,(H2,19,20,21);1H. The molecule has 7 heteroatoms. The fourth-order valence-corrected chi connectivity index (χ4v) is 3.30. The average Bonchev–Trinajstić information content (AvgIpc) is 3.08. The Morgan fingerprint density at radius 3 is 2.71 bits per heavy atom. The zero-order chi connectivity index (χ0) is 16.3. The van der Waals surface area contributed by atoms with E-state index in [1.165, 1.54) is 25.0 Å². The van der Waals surface area contributed by atoms with Crippen molar-refractivity contribution >= 4 is 41.7 Å². The number of nitrogens with zero attached hydrogens (tertiary/aromatic N) is 1. The zero-order valence-corrected chi connectivity index (χ0v) is 17.2. The highest BCUT2D eigenvalue weighted by atomic mass is 127. The molecule has 1 aromatic rings. The summed E-state index contributed by atoms with van der Waals surface area (Å²) >= 11 is 1.74. The minimum absolute atomic E-state index is 0. The van der Waals surface area contributed by atoms with E-state index in [2.05, 4.69) is 15.6 Å². The van der Waals surface area contributed by atoms with Gasteiger partial charge in [-0.05, 0) is 55.7 Å². The van der Waals surface area contributed by atoms with Crippen LogP contribution in [0.1, 0.15) is 25.7 Å². The van der Waals surface area contributed by atoms with Crippen LogP contribution in [0.4, 0.5) is 4.39 Å². The van der Waals surface area contributed by atoms with Gasteiger partial charge in [-0.2, -0.15) is 0 Å². The molecule has 1 aromatic carbocycles. The summed E-state index contributed by atoms with van der Waals surface area (Å²) in [5.74, 6) is 1.65. The Morgan fingerprint density at radius 1 is 1.29 bits per heavy atom. The number of rotatable bonds is 8. The van der Waals surface area contributed by atoms with Crippen LogP contribution < -0.4 is 10.6 Å². The quantitative estimate of drug-likeness (QED) is 0.202. The van der Waals surface area contributed by atoms with E-state index >= 15 is 0 Å². The highest BCUT2D eigenvalue weighted by Crippen LogP contribution is 2.18. The maximum absolute atomic E-state index is 12.8. The molecule has 0 spiro atoms. The summed E-state index contributed by atoms with van der Waals surface area (Å²) in [6, 6.07) is 6.64. The number of aliphatic imine (C=N–C) groups is 1. The second-order valence-electron chi connectivity index (χ2n) is 5.51. The molecule has 0 amide bonds. The van der Waals surface area contributed by atoms with Crippen molar-refractivity contribution in [2.24, 2.45) is 4.99 Å². The number of guanidine groups is 1. The summed E-state index contributed by atoms with van der Waals surface area (Å²) in [6.45, 7) is 2.66. The first-order valence-electron chi connectivity index (χ1n) is 8.22. The smallest absolute Gasteiger partial charge is 0.190 e. The molecule has 1 saturated heterocycles. The average molecular weight is 467 g/mol. The number of benzene rings is 1. The Labute approximate surface area is 165 Å². The Kier molecular flexibility index (Phi) is 11.4. The zero-order valence-electron chi connectivity index (χ0n) is 14.1. The van der Waals surface area contributed by atoms with Gasteiger partial charge in [-0.3, -0.25) is 4.99 Å². The van der Waals surface area contributed by atoms with Crippen molar-refractivity contribution < 1.29 is 9.13 Å². The van der Waals surface area contributed by atoms with Crippen LogP contribution in [0.5, 0.6) is 0 Å². The Bertz CT molecular complexity index is 481. The number of hydrogen-bond acceptors (Lipinski definition) is 3. The molecular weight excluding hydrogens is 440 g/mol. The molecule has 0 aliphatic carbocycles. The highest BCUT2D eigenvalue weighted by Gasteiger charge is 2.14. The third-order valence-electron chi connectivity index (χ3n) is 3.70. The monoisotopic (exact) mass is 467 g/mol. The first-order valence-corrected chi connectivity index (χ1v) is 9.21. The minimum Gasteiger partial charge on any atom is -0.378 e. The molecule has 0 aromatic heterocycles. The Hall–Kier alpha value is -0.540. The number of nitrogens with one attached hydrogen (secondary N) is 2. The van der Waals surface area contributed by atoms with Crippen LogP contribution in [0.3, 0.4) is 0 Å². The van der Waals surface area contributed by atoms with Gasteiger partial charge in [0.05, 0.1) is 6.10 Å². The van der Waals surface area contributed by atoms with Crippen LogP contribution in [0.25, 0.3) is 0 Å². The molecule has 1 aliphatic rings. The van der Waals surface area contributed by atoms with Crippen molar-refractivity contribution in [3.63, 3.8) is 0 Å². The van der Waals surface area contributed by atoms with Crippen molar-refractivity contribution in [2.45, 2.75) is 36.7 Å². The molecule has 1 aliphatic heterocycles. The van der Waals surface area contributed by atoms with Gasteiger partial charge in [-0.25, -0.2) is 4.39 Å². The summed E-state index contributed by atoms with van der Waals surface area (Å²) in [6.07, 6.45) is 4.82. The van der Waals surface area contributed by atoms with E-state index < -0.39 is 0 Å². The summed E-state index contributed by atoms with van der Waals surface area (Å²) in [7, 11) is 1.79. The lowest BCUT2D eigenvalue weighted by Gasteiger charge is -2.14. The van der Waals surface area contributed by atoms with E-state index in [9.17, 15) is 4.39 Å². The van der Waals surface area contributed by atoms with Crippen molar-refractivity contribution in [2.75, 3.05) is 32.5 Å². The molecular formula is C17H27FIN3OS. The molecule has 0 saturated carbocycles. The second kappa shape index (κ2) is 12.8. The van der Waals surface area contributed by atoms with E-state index in [4.69, 9.17) is 4.74 Å².